The van der Waals surface area contributed by atoms with Gasteiger partial charge in [-0.05, 0) is 43.5 Å². The van der Waals surface area contributed by atoms with Crippen molar-refractivity contribution in [1.29, 1.82) is 5.41 Å². The Morgan fingerprint density at radius 1 is 1.38 bits per heavy atom. The number of aromatic hydroxyl groups is 1. The first-order valence-corrected chi connectivity index (χ1v) is 3.80. The molecule has 4 N–H and O–H groups in total. The van der Waals surface area contributed by atoms with Crippen molar-refractivity contribution in [3.8, 4) is 5.75 Å². The number of benzene rings is 1. The zero-order valence-electron chi connectivity index (χ0n) is 7.62. The van der Waals surface area contributed by atoms with Gasteiger partial charge in [0, 0.05) is 5.70 Å². The van der Waals surface area contributed by atoms with Gasteiger partial charge in [-0.3, -0.25) is 0 Å². The molecule has 0 unspecified atom stereocenters. The average Bonchev–Trinajstić information content (AvgIpc) is 2.21. The van der Waals surface area contributed by atoms with Gasteiger partial charge in [0.05, 0.1) is 0 Å². The molecule has 0 heterocycles. The third-order valence-corrected chi connectivity index (χ3v) is 1.51. The number of hydrogen-bond acceptors (Lipinski definition) is 3. The van der Waals surface area contributed by atoms with Crippen LogP contribution in [0.4, 0.5) is 0 Å². The van der Waals surface area contributed by atoms with Crippen molar-refractivity contribution in [3.63, 3.8) is 0 Å². The van der Waals surface area contributed by atoms with E-state index in [1.807, 2.05) is 13.0 Å². The highest BCUT2D eigenvalue weighted by atomic mass is 16.3. The number of nitrogens with two attached hydrogens (primary N) is 1. The first-order chi connectivity index (χ1) is 6.24. The van der Waals surface area contributed by atoms with Crippen molar-refractivity contribution in [1.82, 2.24) is 0 Å². The number of rotatable bonds is 1. The van der Waals surface area contributed by atoms with Crippen LogP contribution >= 0.6 is 0 Å². The van der Waals surface area contributed by atoms with Crippen molar-refractivity contribution in [2.45, 2.75) is 6.92 Å². The molecule has 0 radical (unpaired) electrons. The van der Waals surface area contributed by atoms with Crippen LogP contribution in [0.2, 0.25) is 0 Å². The molecule has 13 heavy (non-hydrogen) atoms. The van der Waals surface area contributed by atoms with Gasteiger partial charge in [-0.25, -0.2) is 0 Å². The van der Waals surface area contributed by atoms with E-state index in [1.54, 1.807) is 24.3 Å². The number of nitrogens with one attached hydrogen (secondary N) is 1. The van der Waals surface area contributed by atoms with E-state index in [2.05, 4.69) is 6.72 Å². The third-order valence-electron chi connectivity index (χ3n) is 1.51. The second-order valence-electron chi connectivity index (χ2n) is 2.29. The van der Waals surface area contributed by atoms with Crippen LogP contribution in [0.1, 0.15) is 12.5 Å². The van der Waals surface area contributed by atoms with Gasteiger partial charge >= 0.3 is 0 Å². The highest BCUT2D eigenvalue weighted by molar-refractivity contribution is 5.62. The first kappa shape index (κ1) is 11.2. The molecule has 0 aliphatic rings. The molecule has 0 fully saturated rings. The maximum absolute atomic E-state index is 8.95. The molecule has 1 aromatic carbocycles. The molecule has 0 saturated carbocycles. The average molecular weight is 178 g/mol. The van der Waals surface area contributed by atoms with E-state index in [0.29, 0.717) is 0 Å². The smallest absolute Gasteiger partial charge is 0.115 e. The number of hydrogen-bond donors (Lipinski definition) is 3. The lowest BCUT2D eigenvalue weighted by atomic mass is 10.1. The van der Waals surface area contributed by atoms with Crippen molar-refractivity contribution in [2.24, 2.45) is 5.73 Å². The van der Waals surface area contributed by atoms with Crippen molar-refractivity contribution < 1.29 is 5.11 Å². The van der Waals surface area contributed by atoms with E-state index in [0.717, 1.165) is 11.3 Å². The van der Waals surface area contributed by atoms with Gasteiger partial charge in [-0.1, -0.05) is 6.08 Å². The fraction of sp³-hybridized carbons (Fsp3) is 0.100. The minimum absolute atomic E-state index is 0.262. The van der Waals surface area contributed by atoms with Crippen molar-refractivity contribution >= 4 is 12.4 Å². The molecular weight excluding hydrogens is 164 g/mol. The molecule has 3 heteroatoms. The van der Waals surface area contributed by atoms with Gasteiger partial charge in [-0.15, -0.1) is 0 Å². The van der Waals surface area contributed by atoms with Crippen LogP contribution in [0, 0.1) is 5.41 Å². The Hall–Kier alpha value is -1.77. The molecule has 1 aromatic rings. The Kier molecular flexibility index (Phi) is 5.03. The lowest BCUT2D eigenvalue weighted by Crippen LogP contribution is -1.94. The Balaban J connectivity index is 0.000000671. The van der Waals surface area contributed by atoms with E-state index < -0.39 is 0 Å². The Morgan fingerprint density at radius 2 is 1.85 bits per heavy atom. The van der Waals surface area contributed by atoms with E-state index in [4.69, 9.17) is 16.2 Å². The second-order valence-corrected chi connectivity index (χ2v) is 2.29. The zero-order chi connectivity index (χ0) is 10.3. The molecule has 0 aliphatic heterocycles. The molecule has 0 saturated heterocycles. The molecular formula is C10H14N2O. The van der Waals surface area contributed by atoms with Crippen LogP contribution in [0.5, 0.6) is 5.75 Å². The highest BCUT2D eigenvalue weighted by Gasteiger charge is 1.93. The first-order valence-electron chi connectivity index (χ1n) is 3.80. The summed E-state index contributed by atoms with van der Waals surface area (Å²) < 4.78 is 0. The molecule has 0 spiro atoms. The summed E-state index contributed by atoms with van der Waals surface area (Å²) in [4.78, 5) is 0. The maximum Gasteiger partial charge on any atom is 0.115 e. The standard InChI is InChI=1S/C9H11NO.CH3N/c1-2-9(10)7-3-5-8(11)6-4-7;1-2/h2-6,11H,10H2,1H3;2H,1H2/b9-2-;. The zero-order valence-corrected chi connectivity index (χ0v) is 7.62. The van der Waals surface area contributed by atoms with Crippen molar-refractivity contribution in [2.75, 3.05) is 0 Å². The molecule has 3 nitrogen and oxygen atoms in total. The Morgan fingerprint density at radius 3 is 2.23 bits per heavy atom. The van der Waals surface area contributed by atoms with Gasteiger partial charge in [0.25, 0.3) is 0 Å². The quantitative estimate of drug-likeness (QED) is 0.575. The number of phenolic OH excluding ortho intramolecular Hbond substituents is 1. The summed E-state index contributed by atoms with van der Waals surface area (Å²) in [5.41, 5.74) is 7.29. The van der Waals surface area contributed by atoms with Gasteiger partial charge in [-0.2, -0.15) is 0 Å². The van der Waals surface area contributed by atoms with Crippen LogP contribution in [0.3, 0.4) is 0 Å². The van der Waals surface area contributed by atoms with Gasteiger partial charge in [0.1, 0.15) is 5.75 Å². The fourth-order valence-corrected chi connectivity index (χ4v) is 0.821. The third kappa shape index (κ3) is 3.42. The topological polar surface area (TPSA) is 70.1 Å². The molecule has 0 amide bonds. The molecule has 1 rings (SSSR count). The van der Waals surface area contributed by atoms with Crippen LogP contribution in [-0.2, 0) is 0 Å². The van der Waals surface area contributed by atoms with E-state index in [1.165, 1.54) is 0 Å². The summed E-state index contributed by atoms with van der Waals surface area (Å²) in [5, 5.41) is 14.5. The highest BCUT2D eigenvalue weighted by Crippen LogP contribution is 2.13. The Bertz CT molecular complexity index is 277. The monoisotopic (exact) mass is 178 g/mol. The predicted octanol–water partition coefficient (Wildman–Crippen LogP) is 1.98. The molecule has 70 valence electrons. The molecule has 0 bridgehead atoms. The summed E-state index contributed by atoms with van der Waals surface area (Å²) in [5.74, 6) is 0.262. The number of phenols is 1. The summed E-state index contributed by atoms with van der Waals surface area (Å²) >= 11 is 0. The summed E-state index contributed by atoms with van der Waals surface area (Å²) in [6.45, 7) is 4.38. The predicted molar refractivity (Wildman–Crippen MR) is 55.8 cm³/mol. The largest absolute Gasteiger partial charge is 0.508 e. The summed E-state index contributed by atoms with van der Waals surface area (Å²) in [6.07, 6.45) is 1.83. The minimum atomic E-state index is 0.262. The van der Waals surface area contributed by atoms with Crippen LogP contribution in [0.25, 0.3) is 5.70 Å². The summed E-state index contributed by atoms with van der Waals surface area (Å²) in [6, 6.07) is 6.80. The Labute approximate surface area is 78.0 Å². The maximum atomic E-state index is 8.95. The van der Waals surface area contributed by atoms with E-state index in [-0.39, 0.29) is 5.75 Å². The van der Waals surface area contributed by atoms with Crippen molar-refractivity contribution in [3.05, 3.63) is 35.9 Å². The summed E-state index contributed by atoms with van der Waals surface area (Å²) in [7, 11) is 0. The normalized spacial score (nSPS) is 10.1. The molecule has 0 aromatic heterocycles. The van der Waals surface area contributed by atoms with Crippen LogP contribution < -0.4 is 5.73 Å². The van der Waals surface area contributed by atoms with Gasteiger partial charge in [0.2, 0.25) is 0 Å². The van der Waals surface area contributed by atoms with Gasteiger partial charge in [0.15, 0.2) is 0 Å². The van der Waals surface area contributed by atoms with Crippen LogP contribution in [0.15, 0.2) is 30.3 Å². The SMILES string of the molecule is C/C=C(\N)c1ccc(O)cc1.C=N. The lowest BCUT2D eigenvalue weighted by molar-refractivity contribution is 0.475. The molecule has 0 atom stereocenters. The lowest BCUT2D eigenvalue weighted by Gasteiger charge is -1.99. The van der Waals surface area contributed by atoms with Gasteiger partial charge < -0.3 is 16.2 Å². The fourth-order valence-electron chi connectivity index (χ4n) is 0.821. The molecule has 0 aliphatic carbocycles. The van der Waals surface area contributed by atoms with E-state index >= 15 is 0 Å². The van der Waals surface area contributed by atoms with Crippen LogP contribution in [-0.4, -0.2) is 11.8 Å². The second kappa shape index (κ2) is 5.83. The number of allylic oxidation sites excluding steroid dienone is 1. The minimum Gasteiger partial charge on any atom is -0.508 e. The van der Waals surface area contributed by atoms with E-state index in [9.17, 15) is 0 Å².